The normalized spacial score (nSPS) is 18.0. The van der Waals surface area contributed by atoms with Gasteiger partial charge < -0.3 is 19.7 Å². The van der Waals surface area contributed by atoms with Gasteiger partial charge in [-0.1, -0.05) is 36.4 Å². The van der Waals surface area contributed by atoms with Crippen molar-refractivity contribution in [2.24, 2.45) is 0 Å². The van der Waals surface area contributed by atoms with Crippen LogP contribution in [0.5, 0.6) is 11.5 Å². The number of imide groups is 1. The molecule has 164 valence electrons. The summed E-state index contributed by atoms with van der Waals surface area (Å²) in [6, 6.07) is 14.0. The lowest BCUT2D eigenvalue weighted by atomic mass is 9.91. The summed E-state index contributed by atoms with van der Waals surface area (Å²) in [6.45, 7) is 4.02. The Kier molecular flexibility index (Phi) is 6.48. The summed E-state index contributed by atoms with van der Waals surface area (Å²) in [4.78, 5) is 41.3. The average Bonchev–Trinajstić information content (AvgIpc) is 3.01. The number of urea groups is 1. The van der Waals surface area contributed by atoms with Gasteiger partial charge in [0.1, 0.15) is 12.1 Å². The molecule has 0 aliphatic carbocycles. The van der Waals surface area contributed by atoms with E-state index in [2.05, 4.69) is 5.32 Å². The molecule has 0 saturated carbocycles. The molecule has 1 aliphatic rings. The number of carbonyl (C=O) groups is 3. The summed E-state index contributed by atoms with van der Waals surface area (Å²) in [7, 11) is 3.01. The van der Waals surface area contributed by atoms with Crippen LogP contribution in [0.2, 0.25) is 0 Å². The van der Waals surface area contributed by atoms with Crippen LogP contribution in [0.15, 0.2) is 48.5 Å². The van der Waals surface area contributed by atoms with Crippen LogP contribution in [0.1, 0.15) is 25.0 Å². The Bertz CT molecular complexity index is 978. The largest absolute Gasteiger partial charge is 0.493 e. The van der Waals surface area contributed by atoms with Crippen molar-refractivity contribution in [1.29, 1.82) is 0 Å². The molecule has 1 fully saturated rings. The van der Waals surface area contributed by atoms with Gasteiger partial charge in [-0.2, -0.15) is 0 Å². The summed E-state index contributed by atoms with van der Waals surface area (Å²) < 4.78 is 10.6. The van der Waals surface area contributed by atoms with Crippen LogP contribution >= 0.6 is 0 Å². The summed E-state index contributed by atoms with van der Waals surface area (Å²) in [5, 5.41) is 2.72. The second-order valence-corrected chi connectivity index (χ2v) is 7.41. The third kappa shape index (κ3) is 4.33. The second kappa shape index (κ2) is 9.07. The maximum Gasteiger partial charge on any atom is 0.325 e. The lowest BCUT2D eigenvalue weighted by Gasteiger charge is -2.25. The van der Waals surface area contributed by atoms with Crippen LogP contribution in [0.3, 0.4) is 0 Å². The average molecular weight is 425 g/mol. The molecule has 2 aromatic carbocycles. The fourth-order valence-corrected chi connectivity index (χ4v) is 3.60. The zero-order valence-corrected chi connectivity index (χ0v) is 18.2. The quantitative estimate of drug-likeness (QED) is 0.657. The summed E-state index contributed by atoms with van der Waals surface area (Å²) in [5.41, 5.74) is 0.202. The van der Waals surface area contributed by atoms with Gasteiger partial charge in [0.15, 0.2) is 11.5 Å². The van der Waals surface area contributed by atoms with E-state index in [1.165, 1.54) is 14.2 Å². The maximum absolute atomic E-state index is 13.2. The van der Waals surface area contributed by atoms with Gasteiger partial charge >= 0.3 is 6.03 Å². The molecule has 3 rings (SSSR count). The Morgan fingerprint density at radius 2 is 1.74 bits per heavy atom. The van der Waals surface area contributed by atoms with Gasteiger partial charge in [0.05, 0.1) is 14.2 Å². The van der Waals surface area contributed by atoms with Crippen molar-refractivity contribution in [1.82, 2.24) is 15.1 Å². The molecule has 0 bridgehead atoms. The van der Waals surface area contributed by atoms with E-state index in [0.717, 1.165) is 10.5 Å². The molecule has 8 heteroatoms. The highest BCUT2D eigenvalue weighted by atomic mass is 16.5. The zero-order valence-electron chi connectivity index (χ0n) is 18.2. The predicted molar refractivity (Wildman–Crippen MR) is 115 cm³/mol. The molecule has 31 heavy (non-hydrogen) atoms. The highest BCUT2D eigenvalue weighted by molar-refractivity contribution is 6.09. The molecule has 1 aliphatic heterocycles. The van der Waals surface area contributed by atoms with Crippen molar-refractivity contribution >= 4 is 17.8 Å². The highest BCUT2D eigenvalue weighted by Gasteiger charge is 2.50. The fraction of sp³-hybridized carbons (Fsp3) is 0.348. The Hall–Kier alpha value is -3.55. The molecule has 0 radical (unpaired) electrons. The molecule has 1 heterocycles. The zero-order chi connectivity index (χ0) is 22.6. The molecule has 4 amide bonds. The topological polar surface area (TPSA) is 88.2 Å². The molecular formula is C23H27N3O5. The van der Waals surface area contributed by atoms with Gasteiger partial charge in [0.25, 0.3) is 5.91 Å². The third-order valence-corrected chi connectivity index (χ3v) is 5.48. The lowest BCUT2D eigenvalue weighted by molar-refractivity contribution is -0.139. The standard InChI is InChI=1S/C23H27N3O5/c1-5-25(14-16-9-7-6-8-10-16)20(27)15-26-21(28)23(2,24-22(26)29)17-11-12-18(30-3)19(13-17)31-4/h6-13H,5,14-15H2,1-4H3,(H,24,29). The molecule has 1 saturated heterocycles. The van der Waals surface area contributed by atoms with E-state index < -0.39 is 17.5 Å². The number of methoxy groups -OCH3 is 2. The number of nitrogens with one attached hydrogen (secondary N) is 1. The summed E-state index contributed by atoms with van der Waals surface area (Å²) in [6.07, 6.45) is 0. The van der Waals surface area contributed by atoms with Crippen molar-refractivity contribution < 1.29 is 23.9 Å². The number of likely N-dealkylation sites (N-methyl/N-ethyl adjacent to an activating group) is 1. The number of hydrogen-bond donors (Lipinski definition) is 1. The Morgan fingerprint density at radius 1 is 1.06 bits per heavy atom. The first-order chi connectivity index (χ1) is 14.8. The Morgan fingerprint density at radius 3 is 2.35 bits per heavy atom. The summed E-state index contributed by atoms with van der Waals surface area (Å²) in [5.74, 6) is 0.163. The van der Waals surface area contributed by atoms with Gasteiger partial charge in [0.2, 0.25) is 5.91 Å². The van der Waals surface area contributed by atoms with Crippen LogP contribution in [0.4, 0.5) is 4.79 Å². The second-order valence-electron chi connectivity index (χ2n) is 7.41. The van der Waals surface area contributed by atoms with Crippen LogP contribution in [0.25, 0.3) is 0 Å². The maximum atomic E-state index is 13.2. The molecule has 1 unspecified atom stereocenters. The smallest absolute Gasteiger partial charge is 0.325 e. The molecule has 8 nitrogen and oxygen atoms in total. The van der Waals surface area contributed by atoms with Gasteiger partial charge in [-0.15, -0.1) is 0 Å². The number of benzene rings is 2. The number of hydrogen-bond acceptors (Lipinski definition) is 5. The number of rotatable bonds is 8. The van der Waals surface area contributed by atoms with E-state index in [-0.39, 0.29) is 12.5 Å². The first-order valence-corrected chi connectivity index (χ1v) is 10.0. The molecule has 2 aromatic rings. The van der Waals surface area contributed by atoms with Gasteiger partial charge in [-0.3, -0.25) is 14.5 Å². The molecule has 0 spiro atoms. The van der Waals surface area contributed by atoms with E-state index >= 15 is 0 Å². The Balaban J connectivity index is 1.78. The van der Waals surface area contributed by atoms with E-state index in [9.17, 15) is 14.4 Å². The minimum atomic E-state index is -1.31. The van der Waals surface area contributed by atoms with Gasteiger partial charge in [-0.25, -0.2) is 4.79 Å². The number of amides is 4. The predicted octanol–water partition coefficient (Wildman–Crippen LogP) is 2.52. The minimum absolute atomic E-state index is 0.300. The van der Waals surface area contributed by atoms with E-state index in [4.69, 9.17) is 9.47 Å². The third-order valence-electron chi connectivity index (χ3n) is 5.48. The SMILES string of the molecule is CCN(Cc1ccccc1)C(=O)CN1C(=O)NC(C)(c2ccc(OC)c(OC)c2)C1=O. The molecular weight excluding hydrogens is 398 g/mol. The van der Waals surface area contributed by atoms with E-state index in [0.29, 0.717) is 30.2 Å². The minimum Gasteiger partial charge on any atom is -0.493 e. The van der Waals surface area contributed by atoms with Crippen LogP contribution in [-0.4, -0.2) is 55.0 Å². The van der Waals surface area contributed by atoms with Crippen molar-refractivity contribution in [2.75, 3.05) is 27.3 Å². The highest BCUT2D eigenvalue weighted by Crippen LogP contribution is 2.35. The molecule has 0 aromatic heterocycles. The van der Waals surface area contributed by atoms with Crippen LogP contribution < -0.4 is 14.8 Å². The van der Waals surface area contributed by atoms with Crippen molar-refractivity contribution in [2.45, 2.75) is 25.9 Å². The van der Waals surface area contributed by atoms with Crippen molar-refractivity contribution in [3.63, 3.8) is 0 Å². The van der Waals surface area contributed by atoms with Crippen LogP contribution in [0, 0.1) is 0 Å². The number of carbonyl (C=O) groups excluding carboxylic acids is 3. The summed E-state index contributed by atoms with van der Waals surface area (Å²) >= 11 is 0. The lowest BCUT2D eigenvalue weighted by Crippen LogP contribution is -2.44. The first-order valence-electron chi connectivity index (χ1n) is 10.0. The van der Waals surface area contributed by atoms with Gasteiger partial charge in [-0.05, 0) is 37.1 Å². The van der Waals surface area contributed by atoms with E-state index in [1.807, 2.05) is 37.3 Å². The van der Waals surface area contributed by atoms with Gasteiger partial charge in [0, 0.05) is 13.1 Å². The van der Waals surface area contributed by atoms with E-state index in [1.54, 1.807) is 30.0 Å². The Labute approximate surface area is 181 Å². The number of nitrogens with zero attached hydrogens (tertiary/aromatic N) is 2. The number of ether oxygens (including phenoxy) is 2. The van der Waals surface area contributed by atoms with Crippen molar-refractivity contribution in [3.05, 3.63) is 59.7 Å². The van der Waals surface area contributed by atoms with Crippen LogP contribution in [-0.2, 0) is 21.7 Å². The monoisotopic (exact) mass is 425 g/mol. The molecule has 1 N–H and O–H groups in total. The first kappa shape index (κ1) is 22.1. The van der Waals surface area contributed by atoms with Crippen molar-refractivity contribution in [3.8, 4) is 11.5 Å². The fourth-order valence-electron chi connectivity index (χ4n) is 3.60. The molecule has 1 atom stereocenters.